The van der Waals surface area contributed by atoms with Gasteiger partial charge in [0, 0.05) is 50.6 Å². The molecule has 2 aromatic carbocycles. The van der Waals surface area contributed by atoms with Crippen LogP contribution in [0.1, 0.15) is 19.2 Å². The summed E-state index contributed by atoms with van der Waals surface area (Å²) in [6, 6.07) is 8.01. The fraction of sp³-hybridized carbons (Fsp3) is 0.371. The zero-order valence-corrected chi connectivity index (χ0v) is 29.5. The zero-order valence-electron chi connectivity index (χ0n) is 28.7. The van der Waals surface area contributed by atoms with E-state index in [1.807, 2.05) is 30.4 Å². The monoisotopic (exact) mass is 732 g/mol. The van der Waals surface area contributed by atoms with Crippen LogP contribution in [0.2, 0.25) is 5.28 Å². The molecule has 1 N–H and O–H groups in total. The van der Waals surface area contributed by atoms with E-state index in [-0.39, 0.29) is 34.9 Å². The van der Waals surface area contributed by atoms with Gasteiger partial charge in [-0.2, -0.15) is 20.1 Å². The maximum absolute atomic E-state index is 15.0. The molecule has 1 saturated heterocycles. The molecule has 4 atom stereocenters. The summed E-state index contributed by atoms with van der Waals surface area (Å²) in [7, 11) is 3.62. The second-order valence-corrected chi connectivity index (χ2v) is 13.2. The third kappa shape index (κ3) is 6.04. The van der Waals surface area contributed by atoms with Gasteiger partial charge in [-0.25, -0.2) is 23.4 Å². The van der Waals surface area contributed by atoms with Crippen LogP contribution in [-0.2, 0) is 16.0 Å². The average Bonchev–Trinajstić information content (AvgIpc) is 3.79. The molecule has 6 heterocycles. The second kappa shape index (κ2) is 13.5. The summed E-state index contributed by atoms with van der Waals surface area (Å²) in [4.78, 5) is 27.1. The van der Waals surface area contributed by atoms with E-state index < -0.39 is 24.0 Å². The van der Waals surface area contributed by atoms with Gasteiger partial charge in [-0.05, 0) is 56.8 Å². The predicted molar refractivity (Wildman–Crippen MR) is 188 cm³/mol. The number of methoxy groups -OCH3 is 1. The van der Waals surface area contributed by atoms with Crippen LogP contribution >= 0.6 is 11.6 Å². The van der Waals surface area contributed by atoms with Gasteiger partial charge in [-0.3, -0.25) is 4.90 Å². The molecule has 52 heavy (non-hydrogen) atoms. The zero-order chi connectivity index (χ0) is 36.3. The van der Waals surface area contributed by atoms with Crippen molar-refractivity contribution >= 4 is 39.5 Å². The number of rotatable bonds is 5. The van der Waals surface area contributed by atoms with E-state index in [0.29, 0.717) is 72.1 Å². The molecule has 270 valence electrons. The van der Waals surface area contributed by atoms with E-state index in [1.165, 1.54) is 28.9 Å². The summed E-state index contributed by atoms with van der Waals surface area (Å²) in [5.74, 6) is -0.170. The van der Waals surface area contributed by atoms with Crippen molar-refractivity contribution in [1.29, 1.82) is 0 Å². The van der Waals surface area contributed by atoms with Crippen LogP contribution in [0.5, 0.6) is 11.8 Å². The number of aryl methyl sites for hydroxylation is 1. The molecular weight excluding hydrogens is 698 g/mol. The first-order valence-electron chi connectivity index (χ1n) is 16.8. The molecule has 1 unspecified atom stereocenters. The van der Waals surface area contributed by atoms with Crippen molar-refractivity contribution in [3.8, 4) is 28.7 Å². The number of anilines is 1. The number of likely N-dealkylation sites (N-methyl/N-ethyl adjacent to an activating group) is 1. The van der Waals surface area contributed by atoms with Crippen molar-refractivity contribution in [3.63, 3.8) is 0 Å². The van der Waals surface area contributed by atoms with Gasteiger partial charge in [0.1, 0.15) is 47.0 Å². The van der Waals surface area contributed by atoms with Gasteiger partial charge in [0.25, 0.3) is 0 Å². The van der Waals surface area contributed by atoms with Crippen LogP contribution in [0.15, 0.2) is 48.8 Å². The highest BCUT2D eigenvalue weighted by atomic mass is 35.5. The smallest absolute Gasteiger partial charge is 0.317 e. The number of aromatic hydroxyl groups is 1. The molecule has 1 fully saturated rings. The molecule has 0 amide bonds. The van der Waals surface area contributed by atoms with Crippen LogP contribution in [0.4, 0.5) is 14.6 Å². The van der Waals surface area contributed by atoms with Gasteiger partial charge in [0.2, 0.25) is 5.28 Å². The van der Waals surface area contributed by atoms with E-state index in [0.717, 1.165) is 11.6 Å². The Balaban J connectivity index is 1.25. The SMILES string of the molecule is CCO[C@H]1CN(C)C(OC)[C@@H]2C[C@@H](CN2c2nc(Cl)nc3c2cnn3-c2ccc(F)cc2O)Oc2nccc(n2)-c2cc(F)cc3nc(C)n(c23)C1. The number of hydrogen-bond donors (Lipinski definition) is 1. The highest BCUT2D eigenvalue weighted by Crippen LogP contribution is 2.37. The lowest BCUT2D eigenvalue weighted by Crippen LogP contribution is -2.51. The fourth-order valence-corrected chi connectivity index (χ4v) is 7.65. The Morgan fingerprint density at radius 2 is 1.88 bits per heavy atom. The normalized spacial score (nSPS) is 21.0. The van der Waals surface area contributed by atoms with E-state index in [2.05, 4.69) is 25.0 Å². The Morgan fingerprint density at radius 1 is 1.04 bits per heavy atom. The van der Waals surface area contributed by atoms with Crippen LogP contribution < -0.4 is 9.64 Å². The number of fused-ring (bicyclic) bond motifs is 6. The van der Waals surface area contributed by atoms with E-state index in [4.69, 9.17) is 35.8 Å². The first kappa shape index (κ1) is 34.1. The largest absolute Gasteiger partial charge is 0.506 e. The average molecular weight is 733 g/mol. The molecule has 17 heteroatoms. The Morgan fingerprint density at radius 3 is 2.67 bits per heavy atom. The number of nitrogens with zero attached hydrogens (tertiary/aromatic N) is 10. The summed E-state index contributed by atoms with van der Waals surface area (Å²) in [6.45, 7) is 5.52. The number of hydrogen-bond acceptors (Lipinski definition) is 12. The molecule has 2 aliphatic heterocycles. The number of ether oxygens (including phenoxy) is 3. The minimum absolute atomic E-state index is 0.0567. The topological polar surface area (TPSA) is 142 Å². The summed E-state index contributed by atoms with van der Waals surface area (Å²) in [5, 5.41) is 15.5. The van der Waals surface area contributed by atoms with Crippen LogP contribution in [0.3, 0.4) is 0 Å². The first-order chi connectivity index (χ1) is 25.1. The molecule has 14 nitrogen and oxygen atoms in total. The van der Waals surface area contributed by atoms with Crippen molar-refractivity contribution < 1.29 is 28.1 Å². The molecule has 4 bridgehead atoms. The molecule has 0 saturated carbocycles. The van der Waals surface area contributed by atoms with E-state index in [9.17, 15) is 9.50 Å². The van der Waals surface area contributed by atoms with Crippen LogP contribution in [0.25, 0.3) is 39.0 Å². The molecule has 8 rings (SSSR count). The molecule has 0 aliphatic carbocycles. The lowest BCUT2D eigenvalue weighted by molar-refractivity contribution is -0.0649. The fourth-order valence-electron chi connectivity index (χ4n) is 7.49. The van der Waals surface area contributed by atoms with Crippen molar-refractivity contribution in [2.75, 3.05) is 38.8 Å². The number of imidazole rings is 1. The predicted octanol–water partition coefficient (Wildman–Crippen LogP) is 4.92. The van der Waals surface area contributed by atoms with Gasteiger partial charge in [0.15, 0.2) is 5.65 Å². The Bertz CT molecular complexity index is 2300. The molecule has 6 aromatic rings. The van der Waals surface area contributed by atoms with Crippen molar-refractivity contribution in [1.82, 2.24) is 44.2 Å². The van der Waals surface area contributed by atoms with Crippen molar-refractivity contribution in [2.45, 2.75) is 51.3 Å². The number of aromatic nitrogens is 8. The highest BCUT2D eigenvalue weighted by Gasteiger charge is 2.43. The van der Waals surface area contributed by atoms with Crippen LogP contribution in [0, 0.1) is 18.6 Å². The summed E-state index contributed by atoms with van der Waals surface area (Å²) in [6.07, 6.45) is 2.38. The van der Waals surface area contributed by atoms with Crippen LogP contribution in [-0.4, -0.2) is 108 Å². The molecule has 0 radical (unpaired) electrons. The molecule has 2 aliphatic rings. The van der Waals surface area contributed by atoms with Gasteiger partial charge in [-0.15, -0.1) is 0 Å². The summed E-state index contributed by atoms with van der Waals surface area (Å²) >= 11 is 6.57. The lowest BCUT2D eigenvalue weighted by atomic mass is 10.1. The van der Waals surface area contributed by atoms with Gasteiger partial charge >= 0.3 is 6.01 Å². The maximum atomic E-state index is 15.0. The van der Waals surface area contributed by atoms with Gasteiger partial charge in [-0.1, -0.05) is 0 Å². The highest BCUT2D eigenvalue weighted by molar-refractivity contribution is 6.28. The summed E-state index contributed by atoms with van der Waals surface area (Å²) < 4.78 is 51.4. The number of halogens is 3. The van der Waals surface area contributed by atoms with E-state index in [1.54, 1.807) is 25.6 Å². The first-order valence-corrected chi connectivity index (χ1v) is 17.2. The minimum Gasteiger partial charge on any atom is -0.506 e. The molecule has 0 spiro atoms. The standard InChI is InChI=1S/C35H35ClF2N10O4/c1-5-51-22-15-45(3)33(50-4)28-13-21(52-35-39-9-8-25(42-35)23-10-20(38)11-26-30(23)46(17-22)18(2)41-26)16-47(28)31-24-14-40-48(32(24)44-34(36)43-31)27-7-6-19(37)12-29(27)49/h6-12,14,21-22,28,33,49H,5,13,15-17H2,1-4H3/t21-,22-,28-,33?/m0/s1. The quantitative estimate of drug-likeness (QED) is 0.241. The number of phenolic OH excluding ortho intramolecular Hbond substituents is 1. The van der Waals surface area contributed by atoms with Gasteiger partial charge in [0.05, 0.1) is 53.5 Å². The molecular formula is C35H35ClF2N10O4. The Labute approximate surface area is 301 Å². The third-order valence-electron chi connectivity index (χ3n) is 9.59. The van der Waals surface area contributed by atoms with Crippen molar-refractivity contribution in [2.24, 2.45) is 0 Å². The number of benzene rings is 2. The third-order valence-corrected chi connectivity index (χ3v) is 9.76. The van der Waals surface area contributed by atoms with E-state index >= 15 is 4.39 Å². The number of phenols is 1. The minimum atomic E-state index is -0.594. The molecule has 4 aromatic heterocycles. The Kier molecular flexibility index (Phi) is 8.85. The van der Waals surface area contributed by atoms with Crippen molar-refractivity contribution in [3.05, 3.63) is 71.5 Å². The van der Waals surface area contributed by atoms with Gasteiger partial charge < -0.3 is 28.8 Å². The Hall–Kier alpha value is -5.03. The second-order valence-electron chi connectivity index (χ2n) is 12.9. The maximum Gasteiger partial charge on any atom is 0.317 e. The lowest BCUT2D eigenvalue weighted by Gasteiger charge is -2.38. The summed E-state index contributed by atoms with van der Waals surface area (Å²) in [5.41, 5.74) is 2.82.